The summed E-state index contributed by atoms with van der Waals surface area (Å²) in [7, 11) is 0. The van der Waals surface area contributed by atoms with E-state index < -0.39 is 0 Å². The average Bonchev–Trinajstić information content (AvgIpc) is 3.66. The molecule has 10 rings (SSSR count). The maximum absolute atomic E-state index is 2.44. The van der Waals surface area contributed by atoms with Crippen molar-refractivity contribution < 1.29 is 0 Å². The molecule has 0 spiro atoms. The third-order valence-electron chi connectivity index (χ3n) is 9.90. The number of hydrogen-bond acceptors (Lipinski definition) is 0. The molecule has 2 heterocycles. The zero-order valence-corrected chi connectivity index (χ0v) is 26.2. The van der Waals surface area contributed by atoms with Gasteiger partial charge in [0.25, 0.3) is 0 Å². The molecule has 8 aromatic carbocycles. The lowest BCUT2D eigenvalue weighted by Crippen LogP contribution is -1.96. The van der Waals surface area contributed by atoms with Crippen molar-refractivity contribution in [2.24, 2.45) is 0 Å². The standard InChI is InChI=1S/C46H30N2/c1-2-12-31(13-3-1)32-24-26-35(27-25-32)47-43-22-8-6-19-39(43)41-29-42-40-20-7-9-23-44(40)48(46(42)30-45(41)47)36-17-10-16-34(28-36)38-21-11-15-33-14-4-5-18-37(33)38/h1-30H. The molecule has 48 heavy (non-hydrogen) atoms. The minimum Gasteiger partial charge on any atom is -0.309 e. The monoisotopic (exact) mass is 610 g/mol. The van der Waals surface area contributed by atoms with Gasteiger partial charge >= 0.3 is 0 Å². The van der Waals surface area contributed by atoms with E-state index in [1.165, 1.54) is 76.6 Å². The molecule has 0 aliphatic carbocycles. The predicted octanol–water partition coefficient (Wildman–Crippen LogP) is 12.4. The minimum absolute atomic E-state index is 1.15. The Hall–Kier alpha value is -6.38. The van der Waals surface area contributed by atoms with E-state index in [2.05, 4.69) is 191 Å². The van der Waals surface area contributed by atoms with E-state index in [0.29, 0.717) is 0 Å². The number of para-hydroxylation sites is 2. The molecule has 10 aromatic rings. The molecule has 0 aliphatic rings. The molecule has 0 N–H and O–H groups in total. The van der Waals surface area contributed by atoms with Crippen LogP contribution in [-0.4, -0.2) is 9.13 Å². The smallest absolute Gasteiger partial charge is 0.0562 e. The molecule has 0 unspecified atom stereocenters. The first-order chi connectivity index (χ1) is 23.8. The summed E-state index contributed by atoms with van der Waals surface area (Å²) >= 11 is 0. The molecule has 2 heteroatoms. The maximum Gasteiger partial charge on any atom is 0.0562 e. The zero-order chi connectivity index (χ0) is 31.6. The Morgan fingerprint density at radius 2 is 0.812 bits per heavy atom. The molecule has 0 fully saturated rings. The first-order valence-electron chi connectivity index (χ1n) is 16.5. The molecule has 2 aromatic heterocycles. The molecule has 2 nitrogen and oxygen atoms in total. The Morgan fingerprint density at radius 3 is 1.54 bits per heavy atom. The van der Waals surface area contributed by atoms with Crippen LogP contribution in [0.3, 0.4) is 0 Å². The van der Waals surface area contributed by atoms with Gasteiger partial charge in [0.1, 0.15) is 0 Å². The molecule has 0 saturated heterocycles. The predicted molar refractivity (Wildman–Crippen MR) is 203 cm³/mol. The minimum atomic E-state index is 1.15. The summed E-state index contributed by atoms with van der Waals surface area (Å²) in [6, 6.07) is 66.2. The van der Waals surface area contributed by atoms with Crippen LogP contribution in [0.2, 0.25) is 0 Å². The van der Waals surface area contributed by atoms with Gasteiger partial charge in [-0.15, -0.1) is 0 Å². The number of benzene rings is 8. The molecule has 0 saturated carbocycles. The van der Waals surface area contributed by atoms with Crippen molar-refractivity contribution in [2.75, 3.05) is 0 Å². The van der Waals surface area contributed by atoms with Crippen molar-refractivity contribution >= 4 is 54.4 Å². The maximum atomic E-state index is 2.44. The number of nitrogens with zero attached hydrogens (tertiary/aromatic N) is 2. The van der Waals surface area contributed by atoms with E-state index in [9.17, 15) is 0 Å². The summed E-state index contributed by atoms with van der Waals surface area (Å²) < 4.78 is 4.87. The zero-order valence-electron chi connectivity index (χ0n) is 26.2. The highest BCUT2D eigenvalue weighted by Gasteiger charge is 2.19. The van der Waals surface area contributed by atoms with Crippen LogP contribution in [0.4, 0.5) is 0 Å². The van der Waals surface area contributed by atoms with E-state index in [1.807, 2.05) is 0 Å². The first kappa shape index (κ1) is 26.8. The van der Waals surface area contributed by atoms with Crippen LogP contribution < -0.4 is 0 Å². The molecule has 0 amide bonds. The molecule has 0 radical (unpaired) electrons. The number of rotatable bonds is 4. The van der Waals surface area contributed by atoms with Gasteiger partial charge in [-0.25, -0.2) is 0 Å². The SMILES string of the molecule is c1ccc(-c2ccc(-n3c4ccccc4c4cc5c6ccccc6n(-c6cccc(-c7cccc8ccccc78)c6)c5cc43)cc2)cc1. The van der Waals surface area contributed by atoms with Gasteiger partial charge in [-0.3, -0.25) is 0 Å². The Balaban J connectivity index is 1.23. The van der Waals surface area contributed by atoms with Gasteiger partial charge in [-0.2, -0.15) is 0 Å². The van der Waals surface area contributed by atoms with E-state index in [-0.39, 0.29) is 0 Å². The van der Waals surface area contributed by atoms with Gasteiger partial charge in [0, 0.05) is 32.9 Å². The largest absolute Gasteiger partial charge is 0.309 e. The van der Waals surface area contributed by atoms with Crippen molar-refractivity contribution in [2.45, 2.75) is 0 Å². The van der Waals surface area contributed by atoms with Crippen LogP contribution in [-0.2, 0) is 0 Å². The van der Waals surface area contributed by atoms with Gasteiger partial charge in [-0.1, -0.05) is 133 Å². The topological polar surface area (TPSA) is 9.86 Å². The highest BCUT2D eigenvalue weighted by atomic mass is 15.0. The van der Waals surface area contributed by atoms with Crippen LogP contribution >= 0.6 is 0 Å². The summed E-state index contributed by atoms with van der Waals surface area (Å²) in [6.07, 6.45) is 0. The van der Waals surface area contributed by atoms with Gasteiger partial charge in [-0.05, 0) is 81.6 Å². The van der Waals surface area contributed by atoms with Gasteiger partial charge < -0.3 is 9.13 Å². The summed E-state index contributed by atoms with van der Waals surface area (Å²) in [6.45, 7) is 0. The fourth-order valence-electron chi connectivity index (χ4n) is 7.71. The van der Waals surface area contributed by atoms with Crippen molar-refractivity contribution in [3.05, 3.63) is 182 Å². The summed E-state index contributed by atoms with van der Waals surface area (Å²) in [5, 5.41) is 7.56. The first-order valence-corrected chi connectivity index (χ1v) is 16.5. The van der Waals surface area contributed by atoms with E-state index in [0.717, 1.165) is 11.4 Å². The summed E-state index contributed by atoms with van der Waals surface area (Å²) in [5.41, 5.74) is 12.0. The molecular weight excluding hydrogens is 581 g/mol. The number of fused-ring (bicyclic) bond motifs is 7. The lowest BCUT2D eigenvalue weighted by atomic mass is 9.98. The molecule has 0 aliphatic heterocycles. The molecule has 0 bridgehead atoms. The van der Waals surface area contributed by atoms with Gasteiger partial charge in [0.2, 0.25) is 0 Å². The third kappa shape index (κ3) is 4.06. The van der Waals surface area contributed by atoms with E-state index in [1.54, 1.807) is 0 Å². The van der Waals surface area contributed by atoms with Crippen LogP contribution in [0.25, 0.3) is 88.0 Å². The third-order valence-corrected chi connectivity index (χ3v) is 9.90. The lowest BCUT2D eigenvalue weighted by Gasteiger charge is -2.13. The van der Waals surface area contributed by atoms with Crippen molar-refractivity contribution in [1.29, 1.82) is 0 Å². The molecule has 224 valence electrons. The normalized spacial score (nSPS) is 11.8. The van der Waals surface area contributed by atoms with E-state index in [4.69, 9.17) is 0 Å². The number of aromatic nitrogens is 2. The Morgan fingerprint density at radius 1 is 0.271 bits per heavy atom. The Kier molecular flexibility index (Phi) is 5.91. The van der Waals surface area contributed by atoms with E-state index >= 15 is 0 Å². The van der Waals surface area contributed by atoms with Crippen molar-refractivity contribution in [1.82, 2.24) is 9.13 Å². The molecular formula is C46H30N2. The Labute approximate surface area is 278 Å². The number of hydrogen-bond donors (Lipinski definition) is 0. The van der Waals surface area contributed by atoms with Crippen LogP contribution in [0.15, 0.2) is 182 Å². The quantitative estimate of drug-likeness (QED) is 0.188. The second-order valence-electron chi connectivity index (χ2n) is 12.6. The van der Waals surface area contributed by atoms with Gasteiger partial charge in [0.05, 0.1) is 22.1 Å². The lowest BCUT2D eigenvalue weighted by molar-refractivity contribution is 1.16. The Bertz CT molecular complexity index is 2810. The highest BCUT2D eigenvalue weighted by molar-refractivity contribution is 6.19. The average molecular weight is 611 g/mol. The summed E-state index contributed by atoms with van der Waals surface area (Å²) in [4.78, 5) is 0. The van der Waals surface area contributed by atoms with Crippen molar-refractivity contribution in [3.8, 4) is 33.6 Å². The second-order valence-corrected chi connectivity index (χ2v) is 12.6. The fourth-order valence-corrected chi connectivity index (χ4v) is 7.71. The summed E-state index contributed by atoms with van der Waals surface area (Å²) in [5.74, 6) is 0. The van der Waals surface area contributed by atoms with Crippen LogP contribution in [0, 0.1) is 0 Å². The second kappa shape index (κ2) is 10.6. The fraction of sp³-hybridized carbons (Fsp3) is 0. The van der Waals surface area contributed by atoms with Crippen LogP contribution in [0.5, 0.6) is 0 Å². The molecule has 0 atom stereocenters. The van der Waals surface area contributed by atoms with Crippen molar-refractivity contribution in [3.63, 3.8) is 0 Å². The van der Waals surface area contributed by atoms with Crippen LogP contribution in [0.1, 0.15) is 0 Å². The highest BCUT2D eigenvalue weighted by Crippen LogP contribution is 2.40. The van der Waals surface area contributed by atoms with Gasteiger partial charge in [0.15, 0.2) is 0 Å².